The van der Waals surface area contributed by atoms with Gasteiger partial charge in [-0.2, -0.15) is 0 Å². The zero-order chi connectivity index (χ0) is 15.2. The second kappa shape index (κ2) is 7.29. The molecule has 0 aliphatic heterocycles. The van der Waals surface area contributed by atoms with Gasteiger partial charge in [-0.25, -0.2) is 0 Å². The summed E-state index contributed by atoms with van der Waals surface area (Å²) in [5.41, 5.74) is 0.931. The molecule has 0 saturated heterocycles. The number of hydrogen-bond acceptors (Lipinski definition) is 4. The predicted octanol–water partition coefficient (Wildman–Crippen LogP) is 4.37. The molecule has 1 aliphatic carbocycles. The average molecular weight is 292 g/mol. The van der Waals surface area contributed by atoms with Gasteiger partial charge in [0.15, 0.2) is 5.75 Å². The molecule has 1 aromatic carbocycles. The lowest BCUT2D eigenvalue weighted by atomic mass is 10.0. The predicted molar refractivity (Wildman–Crippen MR) is 83.9 cm³/mol. The first-order chi connectivity index (χ1) is 10.1. The molecule has 5 nitrogen and oxygen atoms in total. The molecule has 1 aromatic rings. The highest BCUT2D eigenvalue weighted by atomic mass is 16.6. The highest BCUT2D eigenvalue weighted by molar-refractivity contribution is 5.58. The molecular formula is C16H24N2O3. The monoisotopic (exact) mass is 292 g/mol. The van der Waals surface area contributed by atoms with Gasteiger partial charge in [0, 0.05) is 23.9 Å². The Morgan fingerprint density at radius 3 is 2.86 bits per heavy atom. The molecule has 0 radical (unpaired) electrons. The number of hydrogen-bond donors (Lipinski definition) is 1. The zero-order valence-electron chi connectivity index (χ0n) is 12.8. The molecule has 0 spiro atoms. The fourth-order valence-electron chi connectivity index (χ4n) is 2.89. The Kier molecular flexibility index (Phi) is 5.42. The molecular weight excluding hydrogens is 268 g/mol. The van der Waals surface area contributed by atoms with Gasteiger partial charge in [-0.05, 0) is 38.2 Å². The van der Waals surface area contributed by atoms with Crippen LogP contribution in [0.2, 0.25) is 0 Å². The highest BCUT2D eigenvalue weighted by Gasteiger charge is 2.19. The van der Waals surface area contributed by atoms with E-state index in [9.17, 15) is 10.1 Å². The molecule has 2 rings (SSSR count). The second-order valence-electron chi connectivity index (χ2n) is 5.83. The molecule has 0 aromatic heterocycles. The Balaban J connectivity index is 2.09. The lowest BCUT2D eigenvalue weighted by Gasteiger charge is -2.18. The molecule has 0 amide bonds. The maximum atomic E-state index is 11.0. The molecule has 0 heterocycles. The minimum absolute atomic E-state index is 0.0249. The number of ether oxygens (including phenoxy) is 1. The van der Waals surface area contributed by atoms with Crippen molar-refractivity contribution >= 4 is 11.4 Å². The van der Waals surface area contributed by atoms with Crippen LogP contribution in [0.4, 0.5) is 11.4 Å². The van der Waals surface area contributed by atoms with Crippen LogP contribution in [0.5, 0.6) is 5.75 Å². The van der Waals surface area contributed by atoms with E-state index in [4.69, 9.17) is 4.74 Å². The van der Waals surface area contributed by atoms with E-state index in [0.717, 1.165) is 24.4 Å². The SMILES string of the molecule is CCOc1cc(NC2CCCC(C)CC2)ccc1[N+](=O)[O-]. The molecule has 1 fully saturated rings. The van der Waals surface area contributed by atoms with Crippen LogP contribution in [0.15, 0.2) is 18.2 Å². The van der Waals surface area contributed by atoms with Gasteiger partial charge >= 0.3 is 5.69 Å². The van der Waals surface area contributed by atoms with E-state index < -0.39 is 4.92 Å². The number of nitro benzene ring substituents is 1. The summed E-state index contributed by atoms with van der Waals surface area (Å²) in [6, 6.07) is 5.49. The summed E-state index contributed by atoms with van der Waals surface area (Å²) >= 11 is 0. The summed E-state index contributed by atoms with van der Waals surface area (Å²) in [5.74, 6) is 1.14. The van der Waals surface area contributed by atoms with Crippen LogP contribution in [0.25, 0.3) is 0 Å². The van der Waals surface area contributed by atoms with Gasteiger partial charge in [0.05, 0.1) is 11.5 Å². The van der Waals surface area contributed by atoms with E-state index in [1.54, 1.807) is 12.1 Å². The third-order valence-electron chi connectivity index (χ3n) is 4.08. The van der Waals surface area contributed by atoms with Crippen molar-refractivity contribution in [2.45, 2.75) is 52.0 Å². The van der Waals surface area contributed by atoms with E-state index in [0.29, 0.717) is 18.4 Å². The van der Waals surface area contributed by atoms with Gasteiger partial charge < -0.3 is 10.1 Å². The number of nitrogens with zero attached hydrogens (tertiary/aromatic N) is 1. The number of rotatable bonds is 5. The van der Waals surface area contributed by atoms with Crippen LogP contribution in [0.1, 0.15) is 46.0 Å². The molecule has 5 heteroatoms. The summed E-state index contributed by atoms with van der Waals surface area (Å²) in [6.45, 7) is 4.56. The molecule has 2 atom stereocenters. The summed E-state index contributed by atoms with van der Waals surface area (Å²) in [5, 5.41) is 14.5. The Morgan fingerprint density at radius 2 is 2.14 bits per heavy atom. The van der Waals surface area contributed by atoms with Crippen LogP contribution in [0.3, 0.4) is 0 Å². The Labute approximate surface area is 125 Å². The van der Waals surface area contributed by atoms with E-state index >= 15 is 0 Å². The number of benzene rings is 1. The second-order valence-corrected chi connectivity index (χ2v) is 5.83. The largest absolute Gasteiger partial charge is 0.487 e. The van der Waals surface area contributed by atoms with Crippen LogP contribution in [-0.4, -0.2) is 17.6 Å². The van der Waals surface area contributed by atoms with Gasteiger partial charge in [-0.1, -0.05) is 19.8 Å². The lowest BCUT2D eigenvalue weighted by molar-refractivity contribution is -0.385. The summed E-state index contributed by atoms with van der Waals surface area (Å²) in [4.78, 5) is 10.6. The van der Waals surface area contributed by atoms with E-state index in [-0.39, 0.29) is 5.69 Å². The number of nitrogens with one attached hydrogen (secondary N) is 1. The van der Waals surface area contributed by atoms with Crippen LogP contribution in [-0.2, 0) is 0 Å². The molecule has 0 bridgehead atoms. The van der Waals surface area contributed by atoms with E-state index in [2.05, 4.69) is 12.2 Å². The summed E-state index contributed by atoms with van der Waals surface area (Å²) in [6.07, 6.45) is 6.09. The quantitative estimate of drug-likeness (QED) is 0.497. The Bertz CT molecular complexity index is 490. The zero-order valence-corrected chi connectivity index (χ0v) is 12.8. The molecule has 1 N–H and O–H groups in total. The fourth-order valence-corrected chi connectivity index (χ4v) is 2.89. The standard InChI is InChI=1S/C16H24N2O3/c1-3-21-16-11-14(9-10-15(16)18(19)20)17-13-6-4-5-12(2)7-8-13/h9-13,17H,3-8H2,1-2H3. The van der Waals surface area contributed by atoms with Gasteiger partial charge in [0.2, 0.25) is 0 Å². The van der Waals surface area contributed by atoms with Crippen molar-refractivity contribution in [3.8, 4) is 5.75 Å². The van der Waals surface area contributed by atoms with Crippen molar-refractivity contribution in [3.05, 3.63) is 28.3 Å². The summed E-state index contributed by atoms with van der Waals surface area (Å²) < 4.78 is 5.39. The Morgan fingerprint density at radius 1 is 1.33 bits per heavy atom. The van der Waals surface area contributed by atoms with E-state index in [1.165, 1.54) is 25.3 Å². The topological polar surface area (TPSA) is 64.4 Å². The van der Waals surface area contributed by atoms with Gasteiger partial charge in [-0.15, -0.1) is 0 Å². The number of nitro groups is 1. The third-order valence-corrected chi connectivity index (χ3v) is 4.08. The third kappa shape index (κ3) is 4.34. The van der Waals surface area contributed by atoms with Crippen molar-refractivity contribution in [2.24, 2.45) is 5.92 Å². The van der Waals surface area contributed by atoms with Crippen molar-refractivity contribution in [3.63, 3.8) is 0 Å². The average Bonchev–Trinajstić information content (AvgIpc) is 2.64. The van der Waals surface area contributed by atoms with Crippen LogP contribution < -0.4 is 10.1 Å². The first-order valence-electron chi connectivity index (χ1n) is 7.78. The minimum Gasteiger partial charge on any atom is -0.487 e. The van der Waals surface area contributed by atoms with Gasteiger partial charge in [0.1, 0.15) is 0 Å². The molecule has 116 valence electrons. The maximum absolute atomic E-state index is 11.0. The van der Waals surface area contributed by atoms with Crippen LogP contribution in [0, 0.1) is 16.0 Å². The Hall–Kier alpha value is -1.78. The smallest absolute Gasteiger partial charge is 0.311 e. The van der Waals surface area contributed by atoms with Crippen molar-refractivity contribution in [1.82, 2.24) is 0 Å². The van der Waals surface area contributed by atoms with E-state index in [1.807, 2.05) is 6.92 Å². The van der Waals surface area contributed by atoms with Gasteiger partial charge in [-0.3, -0.25) is 10.1 Å². The van der Waals surface area contributed by atoms with Crippen LogP contribution >= 0.6 is 0 Å². The maximum Gasteiger partial charge on any atom is 0.311 e. The normalized spacial score (nSPS) is 22.4. The first kappa shape index (κ1) is 15.6. The molecule has 1 aliphatic rings. The van der Waals surface area contributed by atoms with Crippen molar-refractivity contribution in [1.29, 1.82) is 0 Å². The lowest BCUT2D eigenvalue weighted by Crippen LogP contribution is -2.18. The van der Waals surface area contributed by atoms with Crippen molar-refractivity contribution in [2.75, 3.05) is 11.9 Å². The fraction of sp³-hybridized carbons (Fsp3) is 0.625. The number of anilines is 1. The minimum atomic E-state index is -0.401. The van der Waals surface area contributed by atoms with Gasteiger partial charge in [0.25, 0.3) is 0 Å². The first-order valence-corrected chi connectivity index (χ1v) is 7.78. The summed E-state index contributed by atoms with van der Waals surface area (Å²) in [7, 11) is 0. The molecule has 21 heavy (non-hydrogen) atoms. The van der Waals surface area contributed by atoms with Crippen molar-refractivity contribution < 1.29 is 9.66 Å². The molecule has 2 unspecified atom stereocenters. The molecule has 1 saturated carbocycles. The highest BCUT2D eigenvalue weighted by Crippen LogP contribution is 2.32.